The summed E-state index contributed by atoms with van der Waals surface area (Å²) in [7, 11) is 0. The van der Waals surface area contributed by atoms with E-state index in [-0.39, 0.29) is 24.2 Å². The summed E-state index contributed by atoms with van der Waals surface area (Å²) in [5.41, 5.74) is -0.408. The number of aliphatic hydroxyl groups is 2. The molecule has 0 aromatic heterocycles. The van der Waals surface area contributed by atoms with Gasteiger partial charge in [0.05, 0.1) is 16.6 Å². The van der Waals surface area contributed by atoms with Gasteiger partial charge in [0, 0.05) is 12.1 Å². The number of aryl methyl sites for hydroxylation is 1. The normalized spacial score (nSPS) is 13.9. The van der Waals surface area contributed by atoms with Crippen LogP contribution in [0.3, 0.4) is 0 Å². The molecule has 8 nitrogen and oxygen atoms in total. The van der Waals surface area contributed by atoms with E-state index in [1.807, 2.05) is 0 Å². The van der Waals surface area contributed by atoms with Crippen LogP contribution in [0.5, 0.6) is 0 Å². The molecule has 0 radical (unpaired) electrons. The van der Waals surface area contributed by atoms with Crippen molar-refractivity contribution in [3.63, 3.8) is 0 Å². The lowest BCUT2D eigenvalue weighted by molar-refractivity contribution is -0.386. The molecule has 1 aromatic carbocycles. The highest BCUT2D eigenvalue weighted by Gasteiger charge is 2.27. The monoisotopic (exact) mass is 340 g/mol. The molecule has 0 fully saturated rings. The van der Waals surface area contributed by atoms with Crippen LogP contribution in [-0.4, -0.2) is 39.5 Å². The van der Waals surface area contributed by atoms with Crippen LogP contribution in [0.2, 0.25) is 0 Å². The Hall–Kier alpha value is -2.19. The van der Waals surface area contributed by atoms with E-state index in [0.717, 1.165) is 0 Å². The third kappa shape index (κ3) is 5.78. The van der Waals surface area contributed by atoms with Gasteiger partial charge in [0.25, 0.3) is 5.69 Å². The molecule has 1 rings (SSSR count). The van der Waals surface area contributed by atoms with E-state index in [1.54, 1.807) is 39.8 Å². The number of nitrogens with zero attached hydrogens (tertiary/aromatic N) is 1. The van der Waals surface area contributed by atoms with Gasteiger partial charge in [0.1, 0.15) is 11.7 Å². The molecule has 0 saturated heterocycles. The molecule has 0 aliphatic carbocycles. The minimum Gasteiger partial charge on any atom is -0.444 e. The molecule has 3 N–H and O–H groups in total. The fourth-order valence-corrected chi connectivity index (χ4v) is 2.17. The number of nitrogens with one attached hydrogen (secondary N) is 1. The van der Waals surface area contributed by atoms with Gasteiger partial charge >= 0.3 is 6.09 Å². The predicted octanol–water partition coefficient (Wildman–Crippen LogP) is 2.21. The molecule has 2 unspecified atom stereocenters. The Morgan fingerprint density at radius 3 is 2.54 bits per heavy atom. The number of para-hydroxylation sites is 1. The van der Waals surface area contributed by atoms with E-state index < -0.39 is 28.8 Å². The molecule has 0 aliphatic rings. The van der Waals surface area contributed by atoms with E-state index >= 15 is 0 Å². The number of rotatable bonds is 6. The Labute approximate surface area is 140 Å². The minimum atomic E-state index is -1.43. The molecular weight excluding hydrogens is 316 g/mol. The average molecular weight is 340 g/mol. The van der Waals surface area contributed by atoms with Crippen molar-refractivity contribution in [1.29, 1.82) is 0 Å². The van der Waals surface area contributed by atoms with Crippen LogP contribution < -0.4 is 5.32 Å². The van der Waals surface area contributed by atoms with E-state index in [9.17, 15) is 25.1 Å². The van der Waals surface area contributed by atoms with Crippen molar-refractivity contribution in [2.24, 2.45) is 0 Å². The van der Waals surface area contributed by atoms with Gasteiger partial charge < -0.3 is 20.3 Å². The minimum absolute atomic E-state index is 0.0194. The first-order valence-electron chi connectivity index (χ1n) is 7.60. The number of nitro groups is 1. The largest absolute Gasteiger partial charge is 0.444 e. The third-order valence-electron chi connectivity index (χ3n) is 3.24. The Morgan fingerprint density at radius 1 is 1.38 bits per heavy atom. The molecule has 0 spiro atoms. The van der Waals surface area contributed by atoms with Crippen molar-refractivity contribution in [3.05, 3.63) is 39.4 Å². The number of aliphatic hydroxyl groups excluding tert-OH is 2. The summed E-state index contributed by atoms with van der Waals surface area (Å²) in [5, 5.41) is 33.8. The highest BCUT2D eigenvalue weighted by atomic mass is 16.6. The summed E-state index contributed by atoms with van der Waals surface area (Å²) in [6.45, 7) is 6.80. The van der Waals surface area contributed by atoms with Crippen LogP contribution in [0.4, 0.5) is 10.5 Å². The Kier molecular flexibility index (Phi) is 6.68. The van der Waals surface area contributed by atoms with Gasteiger partial charge in [-0.2, -0.15) is 0 Å². The number of alkyl carbamates (subject to hydrolysis) is 1. The number of ether oxygens (including phenoxy) is 1. The summed E-state index contributed by atoms with van der Waals surface area (Å²) >= 11 is 0. The summed E-state index contributed by atoms with van der Waals surface area (Å²) < 4.78 is 5.05. The molecule has 0 saturated carbocycles. The maximum Gasteiger partial charge on any atom is 0.407 e. The number of nitro benzene ring substituents is 1. The fourth-order valence-electron chi connectivity index (χ4n) is 2.17. The highest BCUT2D eigenvalue weighted by molar-refractivity contribution is 5.67. The van der Waals surface area contributed by atoms with Gasteiger partial charge in [0.2, 0.25) is 0 Å². The Balaban J connectivity index is 2.66. The van der Waals surface area contributed by atoms with E-state index in [2.05, 4.69) is 5.32 Å². The lowest BCUT2D eigenvalue weighted by Crippen LogP contribution is -2.34. The van der Waals surface area contributed by atoms with Crippen LogP contribution in [0.25, 0.3) is 0 Å². The topological polar surface area (TPSA) is 122 Å². The van der Waals surface area contributed by atoms with E-state index in [0.29, 0.717) is 5.56 Å². The number of carbonyl (C=O) groups excluding carboxylic acids is 1. The first-order valence-corrected chi connectivity index (χ1v) is 7.60. The number of hydrogen-bond donors (Lipinski definition) is 3. The average Bonchev–Trinajstić information content (AvgIpc) is 2.43. The first-order chi connectivity index (χ1) is 11.0. The predicted molar refractivity (Wildman–Crippen MR) is 87.7 cm³/mol. The molecule has 1 aromatic rings. The zero-order valence-corrected chi connectivity index (χ0v) is 14.3. The number of amides is 1. The quantitative estimate of drug-likeness (QED) is 0.539. The lowest BCUT2D eigenvalue weighted by Gasteiger charge is -2.21. The second kappa shape index (κ2) is 8.07. The van der Waals surface area contributed by atoms with Gasteiger partial charge in [-0.25, -0.2) is 4.79 Å². The second-order valence-electron chi connectivity index (χ2n) is 6.50. The van der Waals surface area contributed by atoms with Crippen LogP contribution in [0.1, 0.15) is 44.4 Å². The molecule has 1 amide bonds. The number of benzene rings is 1. The Bertz CT molecular complexity index is 597. The van der Waals surface area contributed by atoms with Gasteiger partial charge in [0.15, 0.2) is 0 Å². The SMILES string of the molecule is Cc1cccc(C(O)C(O)CCNC(=O)OC(C)(C)C)c1[N+](=O)[O-]. The van der Waals surface area contributed by atoms with Crippen molar-refractivity contribution in [2.45, 2.75) is 51.9 Å². The second-order valence-corrected chi connectivity index (χ2v) is 6.50. The maximum atomic E-state index is 11.5. The maximum absolute atomic E-state index is 11.5. The Morgan fingerprint density at radius 2 is 2.00 bits per heavy atom. The van der Waals surface area contributed by atoms with Crippen LogP contribution in [-0.2, 0) is 4.74 Å². The number of hydrogen-bond acceptors (Lipinski definition) is 6. The van der Waals surface area contributed by atoms with Gasteiger partial charge in [-0.1, -0.05) is 12.1 Å². The van der Waals surface area contributed by atoms with E-state index in [4.69, 9.17) is 4.74 Å². The van der Waals surface area contributed by atoms with E-state index in [1.165, 1.54) is 6.07 Å². The highest BCUT2D eigenvalue weighted by Crippen LogP contribution is 2.30. The summed E-state index contributed by atoms with van der Waals surface area (Å²) in [5.74, 6) is 0. The molecule has 2 atom stereocenters. The van der Waals surface area contributed by atoms with Gasteiger partial charge in [-0.05, 0) is 40.2 Å². The van der Waals surface area contributed by atoms with Crippen molar-refractivity contribution in [2.75, 3.05) is 6.54 Å². The van der Waals surface area contributed by atoms with Crippen molar-refractivity contribution < 1.29 is 24.7 Å². The molecular formula is C16H24N2O6. The molecule has 0 aliphatic heterocycles. The summed E-state index contributed by atoms with van der Waals surface area (Å²) in [4.78, 5) is 22.1. The summed E-state index contributed by atoms with van der Waals surface area (Å²) in [6, 6.07) is 4.54. The van der Waals surface area contributed by atoms with Crippen LogP contribution in [0.15, 0.2) is 18.2 Å². The third-order valence-corrected chi connectivity index (χ3v) is 3.24. The summed E-state index contributed by atoms with van der Waals surface area (Å²) in [6.07, 6.45) is -3.30. The van der Waals surface area contributed by atoms with Gasteiger partial charge in [-0.3, -0.25) is 10.1 Å². The fraction of sp³-hybridized carbons (Fsp3) is 0.562. The molecule has 134 valence electrons. The van der Waals surface area contributed by atoms with Crippen LogP contribution >= 0.6 is 0 Å². The van der Waals surface area contributed by atoms with Crippen molar-refractivity contribution in [3.8, 4) is 0 Å². The van der Waals surface area contributed by atoms with Crippen molar-refractivity contribution in [1.82, 2.24) is 5.32 Å². The zero-order chi connectivity index (χ0) is 18.5. The smallest absolute Gasteiger partial charge is 0.407 e. The molecule has 0 heterocycles. The van der Waals surface area contributed by atoms with Gasteiger partial charge in [-0.15, -0.1) is 0 Å². The number of carbonyl (C=O) groups is 1. The molecule has 24 heavy (non-hydrogen) atoms. The standard InChI is InChI=1S/C16H24N2O6/c1-10-6-5-7-11(13(10)18(22)23)14(20)12(19)8-9-17-15(21)24-16(2,3)4/h5-7,12,14,19-20H,8-9H2,1-4H3,(H,17,21). The zero-order valence-electron chi connectivity index (χ0n) is 14.3. The molecule has 0 bridgehead atoms. The lowest BCUT2D eigenvalue weighted by atomic mass is 9.98. The molecule has 8 heteroatoms. The first kappa shape index (κ1) is 19.9. The van der Waals surface area contributed by atoms with Crippen LogP contribution in [0, 0.1) is 17.0 Å². The van der Waals surface area contributed by atoms with Crippen molar-refractivity contribution >= 4 is 11.8 Å².